The number of ether oxygens (including phenoxy) is 2. The fraction of sp³-hybridized carbons (Fsp3) is 0.806. The Morgan fingerprint density at radius 2 is 0.914 bits per heavy atom. The maximum absolute atomic E-state index is 6.38. The summed E-state index contributed by atoms with van der Waals surface area (Å²) >= 11 is 0. The van der Waals surface area contributed by atoms with Crippen LogP contribution in [-0.2, 0) is 25.9 Å². The molecule has 4 heteroatoms. The fourth-order valence-corrected chi connectivity index (χ4v) is 5.85. The lowest BCUT2D eigenvalue weighted by Gasteiger charge is -2.36. The van der Waals surface area contributed by atoms with E-state index in [-0.39, 0.29) is 0 Å². The topological polar surface area (TPSA) is 24.9 Å². The zero-order valence-electron chi connectivity index (χ0n) is 23.6. The van der Waals surface area contributed by atoms with Crippen LogP contribution in [0.1, 0.15) is 132 Å². The Morgan fingerprint density at radius 1 is 0.514 bits per heavy atom. The predicted octanol–water partition coefficient (Wildman–Crippen LogP) is 8.23. The lowest BCUT2D eigenvalue weighted by atomic mass is 9.88. The molecule has 0 aromatic heterocycles. The summed E-state index contributed by atoms with van der Waals surface area (Å²) in [6.45, 7) is 7.90. The van der Waals surface area contributed by atoms with Gasteiger partial charge in [0.2, 0.25) is 0 Å². The number of nitrogens with zero attached hydrogens (tertiary/aromatic N) is 2. The molecule has 1 aromatic rings. The first-order valence-corrected chi connectivity index (χ1v) is 15.0. The summed E-state index contributed by atoms with van der Waals surface area (Å²) in [5.41, 5.74) is 5.64. The van der Waals surface area contributed by atoms with Gasteiger partial charge in [0.05, 0.1) is 0 Å². The van der Waals surface area contributed by atoms with Crippen molar-refractivity contribution in [3.05, 3.63) is 22.3 Å². The van der Waals surface area contributed by atoms with E-state index in [4.69, 9.17) is 9.47 Å². The van der Waals surface area contributed by atoms with Crippen molar-refractivity contribution >= 4 is 0 Å². The molecule has 4 nitrogen and oxygen atoms in total. The average molecular weight is 487 g/mol. The quantitative estimate of drug-likeness (QED) is 0.207. The van der Waals surface area contributed by atoms with E-state index in [2.05, 4.69) is 37.7 Å². The molecule has 35 heavy (non-hydrogen) atoms. The maximum atomic E-state index is 6.38. The van der Waals surface area contributed by atoms with Crippen molar-refractivity contribution in [2.75, 3.05) is 27.6 Å². The molecule has 0 bridgehead atoms. The number of rotatable bonds is 17. The lowest BCUT2D eigenvalue weighted by Crippen LogP contribution is -2.34. The summed E-state index contributed by atoms with van der Waals surface area (Å²) in [6.07, 6.45) is 23.0. The Hall–Kier alpha value is -1.26. The van der Waals surface area contributed by atoms with Crippen LogP contribution in [0.2, 0.25) is 0 Å². The third kappa shape index (κ3) is 8.67. The Bertz CT molecular complexity index is 748. The first-order valence-electron chi connectivity index (χ1n) is 15.0. The highest BCUT2D eigenvalue weighted by Gasteiger charge is 2.30. The van der Waals surface area contributed by atoms with Gasteiger partial charge < -0.3 is 9.47 Å². The minimum Gasteiger partial charge on any atom is -0.477 e. The van der Waals surface area contributed by atoms with Gasteiger partial charge in [-0.25, -0.2) is 0 Å². The van der Waals surface area contributed by atoms with Crippen LogP contribution >= 0.6 is 0 Å². The van der Waals surface area contributed by atoms with Gasteiger partial charge in [0, 0.05) is 35.3 Å². The molecule has 2 aliphatic heterocycles. The van der Waals surface area contributed by atoms with Crippen molar-refractivity contribution in [1.82, 2.24) is 9.80 Å². The van der Waals surface area contributed by atoms with Gasteiger partial charge in [0.1, 0.15) is 25.0 Å². The molecule has 0 saturated heterocycles. The third-order valence-corrected chi connectivity index (χ3v) is 7.82. The van der Waals surface area contributed by atoms with E-state index >= 15 is 0 Å². The first-order chi connectivity index (χ1) is 17.2. The smallest absolute Gasteiger partial charge is 0.142 e. The van der Waals surface area contributed by atoms with Gasteiger partial charge in [0.15, 0.2) is 0 Å². The molecule has 0 unspecified atom stereocenters. The fourth-order valence-electron chi connectivity index (χ4n) is 5.85. The van der Waals surface area contributed by atoms with Gasteiger partial charge >= 0.3 is 0 Å². The molecule has 0 atom stereocenters. The highest BCUT2D eigenvalue weighted by Crippen LogP contribution is 2.44. The van der Waals surface area contributed by atoms with E-state index in [0.29, 0.717) is 13.5 Å². The minimum atomic E-state index is 0.692. The highest BCUT2D eigenvalue weighted by atomic mass is 16.5. The van der Waals surface area contributed by atoms with Gasteiger partial charge in [-0.2, -0.15) is 0 Å². The van der Waals surface area contributed by atoms with Crippen LogP contribution in [0.3, 0.4) is 0 Å². The van der Waals surface area contributed by atoms with E-state index in [1.165, 1.54) is 124 Å². The average Bonchev–Trinajstić information content (AvgIpc) is 2.85. The molecule has 0 N–H and O–H groups in total. The predicted molar refractivity (Wildman–Crippen MR) is 148 cm³/mol. The molecular weight excluding hydrogens is 432 g/mol. The van der Waals surface area contributed by atoms with Crippen molar-refractivity contribution in [2.24, 2.45) is 0 Å². The molecule has 1 aromatic carbocycles. The van der Waals surface area contributed by atoms with Crippen LogP contribution in [0.15, 0.2) is 0 Å². The summed E-state index contributed by atoms with van der Waals surface area (Å²) in [4.78, 5) is 4.56. The summed E-state index contributed by atoms with van der Waals surface area (Å²) < 4.78 is 12.7. The molecule has 3 rings (SSSR count). The molecule has 0 fully saturated rings. The summed E-state index contributed by atoms with van der Waals surface area (Å²) in [5.74, 6) is 2.38. The van der Waals surface area contributed by atoms with Crippen molar-refractivity contribution < 1.29 is 9.47 Å². The van der Waals surface area contributed by atoms with Crippen LogP contribution in [0.5, 0.6) is 11.5 Å². The molecule has 0 aliphatic carbocycles. The second kappa shape index (κ2) is 15.8. The maximum Gasteiger partial charge on any atom is 0.142 e. The minimum absolute atomic E-state index is 0.692. The van der Waals surface area contributed by atoms with Crippen LogP contribution in [0.4, 0.5) is 0 Å². The second-order valence-electron chi connectivity index (χ2n) is 11.2. The normalized spacial score (nSPS) is 16.0. The Kier molecular flexibility index (Phi) is 12.8. The molecule has 2 aliphatic rings. The summed E-state index contributed by atoms with van der Waals surface area (Å²) in [7, 11) is 4.31. The highest BCUT2D eigenvalue weighted by molar-refractivity contribution is 5.60. The molecule has 2 heterocycles. The van der Waals surface area contributed by atoms with Crippen molar-refractivity contribution in [1.29, 1.82) is 0 Å². The van der Waals surface area contributed by atoms with Crippen LogP contribution in [-0.4, -0.2) is 37.4 Å². The van der Waals surface area contributed by atoms with Crippen LogP contribution in [0.25, 0.3) is 0 Å². The van der Waals surface area contributed by atoms with Gasteiger partial charge in [0.25, 0.3) is 0 Å². The van der Waals surface area contributed by atoms with Crippen molar-refractivity contribution in [2.45, 2.75) is 136 Å². The van der Waals surface area contributed by atoms with Crippen LogP contribution in [0, 0.1) is 0 Å². The zero-order chi connectivity index (χ0) is 24.9. The number of unbranched alkanes of at least 4 members (excludes halogenated alkanes) is 13. The number of benzene rings is 1. The number of hydrogen-bond donors (Lipinski definition) is 0. The second-order valence-corrected chi connectivity index (χ2v) is 11.2. The largest absolute Gasteiger partial charge is 0.477 e. The van der Waals surface area contributed by atoms with E-state index in [9.17, 15) is 0 Å². The molecule has 0 spiro atoms. The van der Waals surface area contributed by atoms with E-state index in [1.807, 2.05) is 0 Å². The van der Waals surface area contributed by atoms with E-state index in [0.717, 1.165) is 32.4 Å². The van der Waals surface area contributed by atoms with E-state index < -0.39 is 0 Å². The molecular formula is C31H54N2O2. The lowest BCUT2D eigenvalue weighted by molar-refractivity contribution is 0.106. The van der Waals surface area contributed by atoms with Crippen LogP contribution < -0.4 is 9.47 Å². The van der Waals surface area contributed by atoms with Gasteiger partial charge in [-0.1, -0.05) is 104 Å². The van der Waals surface area contributed by atoms with Crippen molar-refractivity contribution in [3.8, 4) is 11.5 Å². The Balaban J connectivity index is 1.44. The molecule has 0 radical (unpaired) electrons. The molecule has 0 saturated carbocycles. The zero-order valence-corrected chi connectivity index (χ0v) is 23.6. The number of fused-ring (bicyclic) bond motifs is 2. The van der Waals surface area contributed by atoms with Gasteiger partial charge in [-0.3, -0.25) is 9.80 Å². The van der Waals surface area contributed by atoms with Gasteiger partial charge in [-0.15, -0.1) is 0 Å². The van der Waals surface area contributed by atoms with Crippen molar-refractivity contribution in [3.63, 3.8) is 0 Å². The monoisotopic (exact) mass is 486 g/mol. The first kappa shape index (κ1) is 28.3. The SMILES string of the molecule is CCCCCCCCCCCCCCCCc1c2c(c(CCC)c3c1OCN(C)C3)OCN(C)C2. The molecule has 200 valence electrons. The Labute approximate surface area is 216 Å². The van der Waals surface area contributed by atoms with E-state index in [1.54, 1.807) is 0 Å². The Morgan fingerprint density at radius 3 is 1.34 bits per heavy atom. The summed E-state index contributed by atoms with van der Waals surface area (Å²) in [6, 6.07) is 0. The van der Waals surface area contributed by atoms with Gasteiger partial charge in [-0.05, 0) is 33.4 Å². The standard InChI is InChI=1S/C31H54N2O2/c1-5-7-8-9-10-11-12-13-14-15-16-17-18-19-21-27-29-23-33(4)24-34-30(29)26(20-6-2)28-22-32(3)25-35-31(27)28/h5-25H2,1-4H3. The number of hydrogen-bond acceptors (Lipinski definition) is 4. The molecule has 0 amide bonds. The summed E-state index contributed by atoms with van der Waals surface area (Å²) in [5, 5.41) is 0. The third-order valence-electron chi connectivity index (χ3n) is 7.82.